The SMILES string of the molecule is O=C(O)c1ccc(CN2C[C@@H]3C[C@H]2CN3Cc2ccc(F)cc2Oc2ccccc2)cc1. The van der Waals surface area contributed by atoms with Crippen LogP contribution in [0.4, 0.5) is 4.39 Å². The molecule has 2 aliphatic rings. The summed E-state index contributed by atoms with van der Waals surface area (Å²) >= 11 is 0. The van der Waals surface area contributed by atoms with E-state index in [0.717, 1.165) is 43.7 Å². The summed E-state index contributed by atoms with van der Waals surface area (Å²) in [5, 5.41) is 9.07. The Kier molecular flexibility index (Phi) is 5.64. The largest absolute Gasteiger partial charge is 0.478 e. The Morgan fingerprint density at radius 1 is 0.938 bits per heavy atom. The van der Waals surface area contributed by atoms with Crippen LogP contribution in [0, 0.1) is 5.82 Å². The van der Waals surface area contributed by atoms with E-state index in [-0.39, 0.29) is 5.82 Å². The fraction of sp³-hybridized carbons (Fsp3) is 0.269. The van der Waals surface area contributed by atoms with Gasteiger partial charge in [0, 0.05) is 49.9 Å². The second kappa shape index (κ2) is 8.73. The first-order chi connectivity index (χ1) is 15.5. The standard InChI is InChI=1S/C26H25FN2O3/c27-21-11-10-20(25(12-21)32-24-4-2-1-3-5-24)15-29-17-22-13-23(29)16-28(22)14-18-6-8-19(9-7-18)26(30)31/h1-12,22-23H,13-17H2,(H,30,31)/t22-,23-/m0/s1. The van der Waals surface area contributed by atoms with Crippen molar-refractivity contribution in [1.82, 2.24) is 9.80 Å². The van der Waals surface area contributed by atoms with E-state index in [9.17, 15) is 9.18 Å². The highest BCUT2D eigenvalue weighted by Crippen LogP contribution is 2.35. The lowest BCUT2D eigenvalue weighted by Crippen LogP contribution is -2.45. The highest BCUT2D eigenvalue weighted by Gasteiger charge is 2.43. The van der Waals surface area contributed by atoms with E-state index in [2.05, 4.69) is 9.80 Å². The summed E-state index contributed by atoms with van der Waals surface area (Å²) < 4.78 is 19.9. The lowest BCUT2D eigenvalue weighted by atomic mass is 10.1. The number of carboxylic acids is 1. The number of rotatable bonds is 7. The number of nitrogens with zero attached hydrogens (tertiary/aromatic N) is 2. The van der Waals surface area contributed by atoms with E-state index >= 15 is 0 Å². The zero-order chi connectivity index (χ0) is 22.1. The fourth-order valence-electron chi connectivity index (χ4n) is 4.79. The van der Waals surface area contributed by atoms with Gasteiger partial charge in [0.15, 0.2) is 0 Å². The molecule has 0 amide bonds. The topological polar surface area (TPSA) is 53.0 Å². The lowest BCUT2D eigenvalue weighted by molar-refractivity contribution is 0.0697. The van der Waals surface area contributed by atoms with Crippen molar-refractivity contribution >= 4 is 5.97 Å². The second-order valence-corrected chi connectivity index (χ2v) is 8.57. The third-order valence-electron chi connectivity index (χ3n) is 6.43. The fourth-order valence-corrected chi connectivity index (χ4v) is 4.79. The van der Waals surface area contributed by atoms with Crippen LogP contribution >= 0.6 is 0 Å². The van der Waals surface area contributed by atoms with Crippen LogP contribution < -0.4 is 4.74 Å². The molecule has 5 rings (SSSR count). The van der Waals surface area contributed by atoms with Gasteiger partial charge in [-0.1, -0.05) is 36.4 Å². The predicted octanol–water partition coefficient (Wildman–Crippen LogP) is 4.77. The first-order valence-corrected chi connectivity index (χ1v) is 10.9. The normalized spacial score (nSPS) is 20.5. The number of piperazine rings is 1. The van der Waals surface area contributed by atoms with Crippen molar-refractivity contribution in [3.63, 3.8) is 0 Å². The monoisotopic (exact) mass is 432 g/mol. The molecule has 2 bridgehead atoms. The van der Waals surface area contributed by atoms with Crippen LogP contribution in [0.2, 0.25) is 0 Å². The third-order valence-corrected chi connectivity index (χ3v) is 6.43. The van der Waals surface area contributed by atoms with Gasteiger partial charge in [-0.3, -0.25) is 9.80 Å². The van der Waals surface area contributed by atoms with Gasteiger partial charge in [0.05, 0.1) is 5.56 Å². The van der Waals surface area contributed by atoms with Gasteiger partial charge in [0.2, 0.25) is 0 Å². The number of para-hydroxylation sites is 1. The summed E-state index contributed by atoms with van der Waals surface area (Å²) in [5.41, 5.74) is 2.43. The maximum atomic E-state index is 13.9. The average Bonchev–Trinajstić information content (AvgIpc) is 3.37. The number of aromatic carboxylic acids is 1. The summed E-state index contributed by atoms with van der Waals surface area (Å²) in [7, 11) is 0. The highest BCUT2D eigenvalue weighted by molar-refractivity contribution is 5.87. The summed E-state index contributed by atoms with van der Waals surface area (Å²) in [4.78, 5) is 16.0. The van der Waals surface area contributed by atoms with E-state index in [4.69, 9.17) is 9.84 Å². The van der Waals surface area contributed by atoms with Gasteiger partial charge < -0.3 is 9.84 Å². The zero-order valence-electron chi connectivity index (χ0n) is 17.7. The first kappa shape index (κ1) is 20.7. The molecule has 164 valence electrons. The van der Waals surface area contributed by atoms with Crippen molar-refractivity contribution in [2.24, 2.45) is 0 Å². The minimum Gasteiger partial charge on any atom is -0.478 e. The van der Waals surface area contributed by atoms with Crippen molar-refractivity contribution in [3.8, 4) is 11.5 Å². The molecule has 0 spiro atoms. The molecule has 2 fully saturated rings. The van der Waals surface area contributed by atoms with Crippen LogP contribution in [0.5, 0.6) is 11.5 Å². The number of carboxylic acid groups (broad SMARTS) is 1. The molecule has 3 aromatic carbocycles. The average molecular weight is 432 g/mol. The van der Waals surface area contributed by atoms with Crippen molar-refractivity contribution in [3.05, 3.63) is 95.3 Å². The zero-order valence-corrected chi connectivity index (χ0v) is 17.7. The van der Waals surface area contributed by atoms with Gasteiger partial charge in [0.1, 0.15) is 17.3 Å². The molecule has 0 saturated carbocycles. The number of benzene rings is 3. The molecule has 2 aliphatic heterocycles. The molecule has 32 heavy (non-hydrogen) atoms. The minimum atomic E-state index is -0.899. The van der Waals surface area contributed by atoms with Crippen molar-refractivity contribution in [2.45, 2.75) is 31.6 Å². The Bertz CT molecular complexity index is 1100. The molecule has 0 unspecified atom stereocenters. The van der Waals surface area contributed by atoms with Gasteiger partial charge in [-0.05, 0) is 42.3 Å². The minimum absolute atomic E-state index is 0.303. The number of fused-ring (bicyclic) bond motifs is 2. The van der Waals surface area contributed by atoms with Gasteiger partial charge in [0.25, 0.3) is 0 Å². The number of halogens is 1. The van der Waals surface area contributed by atoms with Gasteiger partial charge in [-0.15, -0.1) is 0 Å². The molecule has 3 aromatic rings. The van der Waals surface area contributed by atoms with Crippen LogP contribution in [0.15, 0.2) is 72.8 Å². The Morgan fingerprint density at radius 3 is 2.28 bits per heavy atom. The van der Waals surface area contributed by atoms with Gasteiger partial charge in [-0.2, -0.15) is 0 Å². The lowest BCUT2D eigenvalue weighted by Gasteiger charge is -2.34. The van der Waals surface area contributed by atoms with Crippen LogP contribution in [0.25, 0.3) is 0 Å². The van der Waals surface area contributed by atoms with E-state index in [1.807, 2.05) is 48.5 Å². The van der Waals surface area contributed by atoms with E-state index in [0.29, 0.717) is 29.1 Å². The quantitative estimate of drug-likeness (QED) is 0.583. The predicted molar refractivity (Wildman–Crippen MR) is 119 cm³/mol. The molecule has 0 aromatic heterocycles. The Morgan fingerprint density at radius 2 is 1.62 bits per heavy atom. The molecule has 2 saturated heterocycles. The molecule has 1 N–H and O–H groups in total. The van der Waals surface area contributed by atoms with Crippen molar-refractivity contribution in [2.75, 3.05) is 13.1 Å². The number of hydrogen-bond donors (Lipinski definition) is 1. The molecule has 0 aliphatic carbocycles. The van der Waals surface area contributed by atoms with E-state index < -0.39 is 5.97 Å². The van der Waals surface area contributed by atoms with Crippen LogP contribution in [0.3, 0.4) is 0 Å². The van der Waals surface area contributed by atoms with Gasteiger partial charge in [-0.25, -0.2) is 9.18 Å². The summed E-state index contributed by atoms with van der Waals surface area (Å²) in [5.74, 6) is 0.0586. The third kappa shape index (κ3) is 4.38. The van der Waals surface area contributed by atoms with Crippen LogP contribution in [0.1, 0.15) is 27.9 Å². The first-order valence-electron chi connectivity index (χ1n) is 10.9. The number of ether oxygens (including phenoxy) is 1. The number of carbonyl (C=O) groups is 1. The van der Waals surface area contributed by atoms with E-state index in [1.165, 1.54) is 12.1 Å². The maximum absolute atomic E-state index is 13.9. The molecular weight excluding hydrogens is 407 g/mol. The van der Waals surface area contributed by atoms with Crippen LogP contribution in [-0.4, -0.2) is 46.0 Å². The maximum Gasteiger partial charge on any atom is 0.335 e. The summed E-state index contributed by atoms with van der Waals surface area (Å²) in [6.07, 6.45) is 1.11. The van der Waals surface area contributed by atoms with Crippen molar-refractivity contribution in [1.29, 1.82) is 0 Å². The van der Waals surface area contributed by atoms with Crippen LogP contribution in [-0.2, 0) is 13.1 Å². The van der Waals surface area contributed by atoms with Gasteiger partial charge >= 0.3 is 5.97 Å². The molecule has 6 heteroatoms. The summed E-state index contributed by atoms with van der Waals surface area (Å²) in [6.45, 7) is 3.49. The smallest absolute Gasteiger partial charge is 0.335 e. The molecule has 5 nitrogen and oxygen atoms in total. The van der Waals surface area contributed by atoms with Crippen molar-refractivity contribution < 1.29 is 19.0 Å². The second-order valence-electron chi connectivity index (χ2n) is 8.57. The molecule has 2 heterocycles. The molecule has 0 radical (unpaired) electrons. The molecule has 2 atom stereocenters. The number of likely N-dealkylation sites (tertiary alicyclic amines) is 2. The highest BCUT2D eigenvalue weighted by atomic mass is 19.1. The Hall–Kier alpha value is -3.22. The summed E-state index contributed by atoms with van der Waals surface area (Å²) in [6, 6.07) is 22.3. The number of hydrogen-bond acceptors (Lipinski definition) is 4. The Balaban J connectivity index is 1.23. The Labute approximate surface area is 186 Å². The molecular formula is C26H25FN2O3. The van der Waals surface area contributed by atoms with E-state index in [1.54, 1.807) is 12.1 Å².